The van der Waals surface area contributed by atoms with E-state index in [1.807, 2.05) is 39.2 Å². The van der Waals surface area contributed by atoms with Crippen LogP contribution in [-0.2, 0) is 21.9 Å². The molecular weight excluding hydrogens is 492 g/mol. The zero-order valence-corrected chi connectivity index (χ0v) is 22.7. The molecule has 1 aromatic heterocycles. The molecule has 194 valence electrons. The number of allylic oxidation sites excluding steroid dienone is 1. The van der Waals surface area contributed by atoms with Crippen LogP contribution in [0.15, 0.2) is 89.8 Å². The van der Waals surface area contributed by atoms with Crippen LogP contribution in [-0.4, -0.2) is 38.8 Å². The van der Waals surface area contributed by atoms with E-state index in [0.29, 0.717) is 17.1 Å². The van der Waals surface area contributed by atoms with Crippen molar-refractivity contribution in [3.05, 3.63) is 113 Å². The molecule has 1 unspecified atom stereocenters. The molecule has 1 saturated carbocycles. The summed E-state index contributed by atoms with van der Waals surface area (Å²) < 4.78 is 29.2. The number of H-pyrrole nitrogens is 1. The van der Waals surface area contributed by atoms with E-state index < -0.39 is 15.4 Å². The van der Waals surface area contributed by atoms with E-state index in [1.165, 1.54) is 11.1 Å². The molecule has 7 heteroatoms. The van der Waals surface area contributed by atoms with Crippen LogP contribution in [0.25, 0.3) is 6.08 Å². The van der Waals surface area contributed by atoms with Crippen molar-refractivity contribution in [2.75, 3.05) is 23.3 Å². The summed E-state index contributed by atoms with van der Waals surface area (Å²) >= 11 is 0. The van der Waals surface area contributed by atoms with Gasteiger partial charge < -0.3 is 4.90 Å². The van der Waals surface area contributed by atoms with Crippen LogP contribution >= 0.6 is 0 Å². The van der Waals surface area contributed by atoms with E-state index >= 15 is 0 Å². The first kappa shape index (κ1) is 24.5. The zero-order chi connectivity index (χ0) is 26.5. The van der Waals surface area contributed by atoms with Gasteiger partial charge in [-0.1, -0.05) is 72.3 Å². The first-order valence-electron chi connectivity index (χ1n) is 13.0. The second-order valence-corrected chi connectivity index (χ2v) is 12.4. The van der Waals surface area contributed by atoms with Crippen LogP contribution in [0.5, 0.6) is 0 Å². The fraction of sp³-hybridized carbons (Fsp3) is 0.258. The smallest absolute Gasteiger partial charge is 0.265 e. The van der Waals surface area contributed by atoms with Gasteiger partial charge in [-0.2, -0.15) is 5.10 Å². The van der Waals surface area contributed by atoms with Gasteiger partial charge in [-0.25, -0.2) is 12.7 Å². The maximum atomic E-state index is 13.8. The molecule has 1 N–H and O–H groups in total. The van der Waals surface area contributed by atoms with Gasteiger partial charge in [-0.15, -0.1) is 0 Å². The van der Waals surface area contributed by atoms with Gasteiger partial charge in [0.15, 0.2) is 5.82 Å². The first-order chi connectivity index (χ1) is 18.3. The summed E-state index contributed by atoms with van der Waals surface area (Å²) in [6.45, 7) is 1.96. The highest BCUT2D eigenvalue weighted by Gasteiger charge is 2.43. The molecule has 0 amide bonds. The quantitative estimate of drug-likeness (QED) is 0.337. The van der Waals surface area contributed by atoms with Crippen molar-refractivity contribution in [1.82, 2.24) is 10.2 Å². The molecule has 1 fully saturated rings. The number of nitrogens with one attached hydrogen (secondary N) is 1. The molecule has 0 spiro atoms. The number of fused-ring (bicyclic) bond motifs is 1. The lowest BCUT2D eigenvalue weighted by Crippen LogP contribution is -2.34. The average Bonchev–Trinajstić information content (AvgIpc) is 3.68. The number of anilines is 2. The van der Waals surface area contributed by atoms with E-state index in [1.54, 1.807) is 16.4 Å². The van der Waals surface area contributed by atoms with Crippen LogP contribution in [0.1, 0.15) is 40.8 Å². The molecule has 1 atom stereocenters. The average molecular weight is 525 g/mol. The Balaban J connectivity index is 1.44. The fourth-order valence-corrected chi connectivity index (χ4v) is 7.07. The largest absolute Gasteiger partial charge is 0.378 e. The summed E-state index contributed by atoms with van der Waals surface area (Å²) in [4.78, 5) is 2.39. The minimum atomic E-state index is -3.74. The number of aryl methyl sites for hydroxylation is 1. The Morgan fingerprint density at radius 3 is 2.18 bits per heavy atom. The summed E-state index contributed by atoms with van der Waals surface area (Å²) in [5, 5.41) is 7.85. The minimum absolute atomic E-state index is 0.0681. The number of aromatic nitrogens is 2. The van der Waals surface area contributed by atoms with Gasteiger partial charge in [0.25, 0.3) is 10.0 Å². The first-order valence-corrected chi connectivity index (χ1v) is 14.4. The molecule has 1 heterocycles. The molecule has 38 heavy (non-hydrogen) atoms. The van der Waals surface area contributed by atoms with Crippen LogP contribution in [0.4, 0.5) is 11.5 Å². The van der Waals surface area contributed by atoms with Gasteiger partial charge >= 0.3 is 0 Å². The second-order valence-electron chi connectivity index (χ2n) is 10.6. The van der Waals surface area contributed by atoms with E-state index in [4.69, 9.17) is 0 Å². The number of rotatable bonds is 7. The minimum Gasteiger partial charge on any atom is -0.378 e. The Hall–Kier alpha value is -3.84. The summed E-state index contributed by atoms with van der Waals surface area (Å²) in [6, 6.07) is 26.1. The number of benzene rings is 3. The van der Waals surface area contributed by atoms with Crippen molar-refractivity contribution < 1.29 is 8.42 Å². The lowest BCUT2D eigenvalue weighted by Gasteiger charge is -2.35. The number of aromatic amines is 1. The van der Waals surface area contributed by atoms with Gasteiger partial charge in [0.1, 0.15) is 0 Å². The Labute approximate surface area is 224 Å². The Morgan fingerprint density at radius 1 is 0.895 bits per heavy atom. The van der Waals surface area contributed by atoms with Crippen LogP contribution < -0.4 is 9.21 Å². The third kappa shape index (κ3) is 4.11. The van der Waals surface area contributed by atoms with Gasteiger partial charge in [0.2, 0.25) is 0 Å². The summed E-state index contributed by atoms with van der Waals surface area (Å²) in [5.74, 6) is 0.490. The lowest BCUT2D eigenvalue weighted by molar-refractivity contribution is 0.589. The van der Waals surface area contributed by atoms with Crippen LogP contribution in [0, 0.1) is 6.92 Å². The predicted octanol–water partition coefficient (Wildman–Crippen LogP) is 5.70. The molecule has 0 bridgehead atoms. The van der Waals surface area contributed by atoms with Crippen molar-refractivity contribution in [3.63, 3.8) is 0 Å². The molecule has 0 radical (unpaired) electrons. The topological polar surface area (TPSA) is 69.3 Å². The van der Waals surface area contributed by atoms with Crippen molar-refractivity contribution >= 4 is 27.6 Å². The van der Waals surface area contributed by atoms with E-state index in [2.05, 4.69) is 75.8 Å². The number of hydrogen-bond donors (Lipinski definition) is 1. The van der Waals surface area contributed by atoms with Crippen LogP contribution in [0.3, 0.4) is 0 Å². The Bertz CT molecular complexity index is 1590. The fourth-order valence-electron chi connectivity index (χ4n) is 5.39. The number of nitrogens with zero attached hydrogens (tertiary/aromatic N) is 3. The standard InChI is InChI=1S/C31H32N4O2S/c1-22-9-17-27(18-10-22)38(36,37)35(26-15-16-26)30-28-19-20-31(21-29(28)32-33-30,23-7-5-4-6-8-23)24-11-13-25(14-12-24)34(2)3/h4-14,17-20,26H,15-16,21H2,1-3H3,(H,32,33). The molecule has 4 aromatic rings. The van der Waals surface area contributed by atoms with Gasteiger partial charge in [0, 0.05) is 48.9 Å². The van der Waals surface area contributed by atoms with E-state index in [9.17, 15) is 8.42 Å². The Morgan fingerprint density at radius 2 is 1.55 bits per heavy atom. The molecule has 3 aromatic carbocycles. The van der Waals surface area contributed by atoms with Crippen LogP contribution in [0.2, 0.25) is 0 Å². The second kappa shape index (κ2) is 9.17. The highest BCUT2D eigenvalue weighted by Crippen LogP contribution is 2.45. The monoisotopic (exact) mass is 524 g/mol. The summed E-state index contributed by atoms with van der Waals surface area (Å²) in [7, 11) is 0.333. The van der Waals surface area contributed by atoms with Gasteiger partial charge in [-0.05, 0) is 55.2 Å². The third-order valence-electron chi connectivity index (χ3n) is 7.71. The van der Waals surface area contributed by atoms with E-state index in [-0.39, 0.29) is 6.04 Å². The van der Waals surface area contributed by atoms with Crippen molar-refractivity contribution in [2.24, 2.45) is 0 Å². The SMILES string of the molecule is Cc1ccc(S(=O)(=O)N(c2n[nH]c3c2C=CC(c2ccccc2)(c2ccc(N(C)C)cc2)C3)C2CC2)cc1. The lowest BCUT2D eigenvalue weighted by atomic mass is 9.68. The van der Waals surface area contributed by atoms with Crippen molar-refractivity contribution in [1.29, 1.82) is 0 Å². The Kier molecular flexibility index (Phi) is 5.91. The van der Waals surface area contributed by atoms with Crippen molar-refractivity contribution in [2.45, 2.75) is 42.5 Å². The van der Waals surface area contributed by atoms with Gasteiger partial charge in [0.05, 0.1) is 4.90 Å². The van der Waals surface area contributed by atoms with E-state index in [0.717, 1.165) is 35.3 Å². The van der Waals surface area contributed by atoms with Gasteiger partial charge in [-0.3, -0.25) is 5.10 Å². The summed E-state index contributed by atoms with van der Waals surface area (Å²) in [6.07, 6.45) is 6.61. The molecule has 0 aliphatic heterocycles. The summed E-state index contributed by atoms with van der Waals surface area (Å²) in [5.41, 5.74) is 5.92. The molecule has 2 aliphatic rings. The number of hydrogen-bond acceptors (Lipinski definition) is 4. The number of sulfonamides is 1. The molecule has 6 rings (SSSR count). The highest BCUT2D eigenvalue weighted by molar-refractivity contribution is 7.92. The maximum Gasteiger partial charge on any atom is 0.265 e. The van der Waals surface area contributed by atoms with Crippen molar-refractivity contribution in [3.8, 4) is 0 Å². The molecule has 6 nitrogen and oxygen atoms in total. The third-order valence-corrected chi connectivity index (χ3v) is 9.56. The molecular formula is C31H32N4O2S. The maximum absolute atomic E-state index is 13.8. The molecule has 2 aliphatic carbocycles. The zero-order valence-electron chi connectivity index (χ0n) is 21.9. The predicted molar refractivity (Wildman–Crippen MR) is 153 cm³/mol. The normalized spacial score (nSPS) is 18.7. The molecule has 0 saturated heterocycles. The highest BCUT2D eigenvalue weighted by atomic mass is 32.2.